The lowest BCUT2D eigenvalue weighted by molar-refractivity contribution is -0.112. The monoisotopic (exact) mass is 614 g/mol. The van der Waals surface area contributed by atoms with Crippen LogP contribution in [0.1, 0.15) is 17.3 Å². The van der Waals surface area contributed by atoms with Gasteiger partial charge in [0.15, 0.2) is 0 Å². The lowest BCUT2D eigenvalue weighted by Gasteiger charge is -2.16. The first-order chi connectivity index (χ1) is 21.7. The van der Waals surface area contributed by atoms with Gasteiger partial charge in [0.2, 0.25) is 0 Å². The van der Waals surface area contributed by atoms with Crippen molar-refractivity contribution in [3.63, 3.8) is 0 Å². The standard InChI is InChI=1S/C33H42N8O4/c1-4-9-29(24(5-2)22-45-23-27(35)21-41(36)17-19-44-18-16-34)33(43)37-28-14-12-25(13-15-28)30-20-31(40(3)39-30)38-32(42)26-10-7-6-8-11-26/h4-15,20-21H,1,16-19,22-23,34-36H2,2-3H3,(H,37,43)(H,38,42)/b24-5-,27-21-,29-9+. The molecule has 0 fully saturated rings. The minimum atomic E-state index is -0.322. The van der Waals surface area contributed by atoms with Gasteiger partial charge in [-0.3, -0.25) is 14.3 Å². The van der Waals surface area contributed by atoms with Gasteiger partial charge in [-0.1, -0.05) is 49.1 Å². The van der Waals surface area contributed by atoms with E-state index < -0.39 is 0 Å². The Balaban J connectivity index is 1.58. The lowest BCUT2D eigenvalue weighted by atomic mass is 10.0. The van der Waals surface area contributed by atoms with Crippen molar-refractivity contribution in [2.24, 2.45) is 24.4 Å². The number of rotatable bonds is 17. The summed E-state index contributed by atoms with van der Waals surface area (Å²) in [4.78, 5) is 25.8. The lowest BCUT2D eigenvalue weighted by Crippen LogP contribution is -2.31. The van der Waals surface area contributed by atoms with Crippen LogP contribution in [-0.4, -0.2) is 66.1 Å². The second kappa shape index (κ2) is 18.0. The van der Waals surface area contributed by atoms with Crippen LogP contribution in [0, 0.1) is 0 Å². The highest BCUT2D eigenvalue weighted by Crippen LogP contribution is 2.24. The van der Waals surface area contributed by atoms with Crippen molar-refractivity contribution in [3.05, 3.63) is 114 Å². The first-order valence-corrected chi connectivity index (χ1v) is 14.4. The summed E-state index contributed by atoms with van der Waals surface area (Å²) < 4.78 is 12.7. The van der Waals surface area contributed by atoms with Crippen LogP contribution in [0.2, 0.25) is 0 Å². The summed E-state index contributed by atoms with van der Waals surface area (Å²) in [6.45, 7) is 7.61. The number of ether oxygens (including phenoxy) is 2. The van der Waals surface area contributed by atoms with E-state index in [-0.39, 0.29) is 25.0 Å². The molecule has 0 saturated heterocycles. The topological polar surface area (TPSA) is 176 Å². The van der Waals surface area contributed by atoms with Crippen molar-refractivity contribution in [1.29, 1.82) is 0 Å². The third-order valence-corrected chi connectivity index (χ3v) is 6.43. The maximum absolute atomic E-state index is 13.3. The van der Waals surface area contributed by atoms with Gasteiger partial charge >= 0.3 is 0 Å². The highest BCUT2D eigenvalue weighted by atomic mass is 16.5. The Labute approximate surface area is 263 Å². The number of allylic oxidation sites excluding steroid dienone is 3. The summed E-state index contributed by atoms with van der Waals surface area (Å²) in [5.74, 6) is 5.92. The van der Waals surface area contributed by atoms with Crippen LogP contribution in [0.5, 0.6) is 0 Å². The number of nitrogens with zero attached hydrogens (tertiary/aromatic N) is 3. The molecule has 1 heterocycles. The summed E-state index contributed by atoms with van der Waals surface area (Å²) in [5, 5.41) is 11.7. The highest BCUT2D eigenvalue weighted by molar-refractivity contribution is 6.07. The minimum absolute atomic E-state index is 0.115. The van der Waals surface area contributed by atoms with Gasteiger partial charge in [-0.05, 0) is 42.8 Å². The normalized spacial score (nSPS) is 12.1. The smallest absolute Gasteiger partial charge is 0.256 e. The Hall–Kier alpha value is -5.01. The van der Waals surface area contributed by atoms with Crippen LogP contribution < -0.4 is 27.9 Å². The molecule has 3 aromatic rings. The quantitative estimate of drug-likeness (QED) is 0.0502. The number of anilines is 2. The van der Waals surface area contributed by atoms with E-state index in [4.69, 9.17) is 26.8 Å². The molecule has 0 aliphatic rings. The number of hydrazine groups is 1. The number of benzene rings is 2. The number of nitrogens with two attached hydrogens (primary N) is 3. The van der Waals surface area contributed by atoms with Gasteiger partial charge in [0, 0.05) is 48.2 Å². The van der Waals surface area contributed by atoms with E-state index in [1.165, 1.54) is 5.01 Å². The molecule has 12 heteroatoms. The Morgan fingerprint density at radius 3 is 2.44 bits per heavy atom. The van der Waals surface area contributed by atoms with Crippen molar-refractivity contribution in [2.45, 2.75) is 6.92 Å². The van der Waals surface area contributed by atoms with Crippen molar-refractivity contribution in [1.82, 2.24) is 14.8 Å². The number of aryl methyl sites for hydroxylation is 1. The van der Waals surface area contributed by atoms with E-state index in [0.717, 1.165) is 5.56 Å². The molecule has 12 nitrogen and oxygen atoms in total. The van der Waals surface area contributed by atoms with Gasteiger partial charge in [-0.15, -0.1) is 0 Å². The van der Waals surface area contributed by atoms with E-state index in [9.17, 15) is 9.59 Å². The zero-order chi connectivity index (χ0) is 32.6. The molecule has 0 radical (unpaired) electrons. The first kappa shape index (κ1) is 34.5. The van der Waals surface area contributed by atoms with Gasteiger partial charge in [-0.2, -0.15) is 5.10 Å². The SMILES string of the molecule is C=C/C=C(C(=O)Nc1ccc(-c2cc(NC(=O)c3ccccc3)n(C)n2)cc1)\C(=C/C)COC/C(N)=C/N(N)CCOCCN. The zero-order valence-electron chi connectivity index (χ0n) is 25.7. The van der Waals surface area contributed by atoms with Crippen LogP contribution in [0.4, 0.5) is 11.5 Å². The van der Waals surface area contributed by atoms with Crippen molar-refractivity contribution in [2.75, 3.05) is 50.2 Å². The summed E-state index contributed by atoms with van der Waals surface area (Å²) >= 11 is 0. The van der Waals surface area contributed by atoms with Crippen molar-refractivity contribution in [3.8, 4) is 11.3 Å². The van der Waals surface area contributed by atoms with Crippen LogP contribution >= 0.6 is 0 Å². The number of carbonyl (C=O) groups is 2. The van der Waals surface area contributed by atoms with E-state index in [1.54, 1.807) is 66.5 Å². The molecule has 0 aliphatic heterocycles. The number of nitrogens with one attached hydrogen (secondary N) is 2. The molecule has 0 spiro atoms. The van der Waals surface area contributed by atoms with E-state index in [0.29, 0.717) is 65.9 Å². The maximum atomic E-state index is 13.3. The third-order valence-electron chi connectivity index (χ3n) is 6.43. The fourth-order valence-corrected chi connectivity index (χ4v) is 4.14. The van der Waals surface area contributed by atoms with Crippen LogP contribution in [0.15, 0.2) is 109 Å². The third kappa shape index (κ3) is 10.9. The Morgan fingerprint density at radius 1 is 1.04 bits per heavy atom. The van der Waals surface area contributed by atoms with E-state index in [2.05, 4.69) is 22.3 Å². The van der Waals surface area contributed by atoms with Crippen molar-refractivity contribution >= 4 is 23.3 Å². The molecular weight excluding hydrogens is 572 g/mol. The number of carbonyl (C=O) groups excluding carboxylic acids is 2. The van der Waals surface area contributed by atoms with Gasteiger partial charge in [0.1, 0.15) is 5.82 Å². The predicted octanol–water partition coefficient (Wildman–Crippen LogP) is 3.30. The van der Waals surface area contributed by atoms with Gasteiger partial charge in [-0.25, -0.2) is 5.84 Å². The molecule has 0 atom stereocenters. The fourth-order valence-electron chi connectivity index (χ4n) is 4.14. The molecule has 0 bridgehead atoms. The fraction of sp³-hybridized carbons (Fsp3) is 0.242. The van der Waals surface area contributed by atoms with Crippen LogP contribution in [-0.2, 0) is 21.3 Å². The van der Waals surface area contributed by atoms with Crippen molar-refractivity contribution < 1.29 is 19.1 Å². The zero-order valence-corrected chi connectivity index (χ0v) is 25.7. The number of hydrogen-bond acceptors (Lipinski definition) is 9. The number of hydrogen-bond donors (Lipinski definition) is 5. The highest BCUT2D eigenvalue weighted by Gasteiger charge is 2.16. The average Bonchev–Trinajstić information content (AvgIpc) is 3.40. The molecular formula is C33H42N8O4. The Bertz CT molecular complexity index is 1510. The second-order valence-electron chi connectivity index (χ2n) is 9.86. The first-order valence-electron chi connectivity index (χ1n) is 14.4. The molecule has 1 aromatic heterocycles. The molecule has 0 aliphatic carbocycles. The van der Waals surface area contributed by atoms with Gasteiger partial charge in [0.05, 0.1) is 44.4 Å². The van der Waals surface area contributed by atoms with Gasteiger partial charge in [0.25, 0.3) is 11.8 Å². The molecule has 0 saturated carbocycles. The average molecular weight is 615 g/mol. The summed E-state index contributed by atoms with van der Waals surface area (Å²) in [5.41, 5.74) is 15.6. The maximum Gasteiger partial charge on any atom is 0.256 e. The van der Waals surface area contributed by atoms with Crippen LogP contribution in [0.3, 0.4) is 0 Å². The molecule has 0 unspecified atom stereocenters. The number of aromatic nitrogens is 2. The Morgan fingerprint density at radius 2 is 1.78 bits per heavy atom. The summed E-state index contributed by atoms with van der Waals surface area (Å²) in [6.07, 6.45) is 6.55. The molecule has 45 heavy (non-hydrogen) atoms. The molecule has 2 aromatic carbocycles. The van der Waals surface area contributed by atoms with Gasteiger partial charge < -0.3 is 36.6 Å². The molecule has 2 amide bonds. The Kier molecular flexibility index (Phi) is 13.8. The number of amides is 2. The largest absolute Gasteiger partial charge is 0.399 e. The summed E-state index contributed by atoms with van der Waals surface area (Å²) in [6, 6.07) is 18.0. The second-order valence-corrected chi connectivity index (χ2v) is 9.86. The minimum Gasteiger partial charge on any atom is -0.399 e. The molecule has 238 valence electrons. The molecule has 3 rings (SSSR count). The summed E-state index contributed by atoms with van der Waals surface area (Å²) in [7, 11) is 1.76. The predicted molar refractivity (Wildman–Crippen MR) is 178 cm³/mol. The van der Waals surface area contributed by atoms with E-state index in [1.807, 2.05) is 37.3 Å². The van der Waals surface area contributed by atoms with Crippen LogP contribution in [0.25, 0.3) is 11.3 Å². The molecule has 8 N–H and O–H groups in total. The van der Waals surface area contributed by atoms with E-state index >= 15 is 0 Å².